The van der Waals surface area contributed by atoms with E-state index < -0.39 is 21.8 Å². The van der Waals surface area contributed by atoms with E-state index in [1.807, 2.05) is 0 Å². The van der Waals surface area contributed by atoms with Gasteiger partial charge < -0.3 is 4.90 Å². The third-order valence-corrected chi connectivity index (χ3v) is 7.23. The van der Waals surface area contributed by atoms with Crippen LogP contribution in [0.3, 0.4) is 0 Å². The van der Waals surface area contributed by atoms with Crippen molar-refractivity contribution in [1.29, 1.82) is 0 Å². The van der Waals surface area contributed by atoms with E-state index in [0.717, 1.165) is 32.0 Å². The predicted molar refractivity (Wildman–Crippen MR) is 122 cm³/mol. The highest BCUT2D eigenvalue weighted by Gasteiger charge is 2.34. The summed E-state index contributed by atoms with van der Waals surface area (Å²) in [6.45, 7) is 9.94. The Balaban J connectivity index is 1.65. The Morgan fingerprint density at radius 1 is 1.15 bits per heavy atom. The number of hydrogen-bond donors (Lipinski definition) is 1. The fraction of sp³-hybridized carbons (Fsp3) is 0.409. The van der Waals surface area contributed by atoms with Crippen LogP contribution in [0.15, 0.2) is 52.5 Å². The number of sulfonamides is 1. The van der Waals surface area contributed by atoms with Crippen LogP contribution in [0.2, 0.25) is 0 Å². The number of alkyl halides is 3. The molecule has 12 heteroatoms. The van der Waals surface area contributed by atoms with Gasteiger partial charge in [0.25, 0.3) is 0 Å². The molecule has 1 N–H and O–H groups in total. The van der Waals surface area contributed by atoms with Crippen LogP contribution in [0, 0.1) is 12.5 Å². The van der Waals surface area contributed by atoms with Gasteiger partial charge in [-0.25, -0.2) is 18.0 Å². The van der Waals surface area contributed by atoms with Gasteiger partial charge in [-0.3, -0.25) is 0 Å². The van der Waals surface area contributed by atoms with Crippen molar-refractivity contribution in [2.45, 2.75) is 23.9 Å². The van der Waals surface area contributed by atoms with Crippen LogP contribution in [-0.2, 0) is 16.2 Å². The van der Waals surface area contributed by atoms with Crippen molar-refractivity contribution >= 4 is 15.7 Å². The molecule has 2 aromatic rings. The maximum atomic E-state index is 13.5. The second-order valence-corrected chi connectivity index (χ2v) is 9.70. The van der Waals surface area contributed by atoms with Crippen molar-refractivity contribution in [3.05, 3.63) is 69.9 Å². The number of likely N-dealkylation sites (tertiary alicyclic amines) is 1. The lowest BCUT2D eigenvalue weighted by atomic mass is 9.97. The molecule has 0 saturated carbocycles. The Labute approximate surface area is 195 Å². The standard InChI is InChI=1S/C22H23F3N6O2S/c1-27-20-4-2-3-19(22(23,24)25)21(20)17-5-7-18(8-6-17)34(32,33)29-11-14-31-12-9-16(10-13-31)15-28-30-26/h2-8,16,29H,9-15H2. The Kier molecular flexibility index (Phi) is 8.17. The highest BCUT2D eigenvalue weighted by atomic mass is 32.2. The highest BCUT2D eigenvalue weighted by Crippen LogP contribution is 2.42. The summed E-state index contributed by atoms with van der Waals surface area (Å²) in [6.07, 6.45) is -2.90. The van der Waals surface area contributed by atoms with E-state index in [4.69, 9.17) is 12.1 Å². The van der Waals surface area contributed by atoms with Crippen LogP contribution in [0.1, 0.15) is 18.4 Å². The van der Waals surface area contributed by atoms with Crippen LogP contribution in [-0.4, -0.2) is 46.0 Å². The number of azide groups is 1. The summed E-state index contributed by atoms with van der Waals surface area (Å²) in [7, 11) is -3.85. The van der Waals surface area contributed by atoms with E-state index in [-0.39, 0.29) is 28.3 Å². The molecule has 3 rings (SSSR count). The van der Waals surface area contributed by atoms with Crippen LogP contribution >= 0.6 is 0 Å². The van der Waals surface area contributed by atoms with Crippen LogP contribution in [0.25, 0.3) is 26.4 Å². The van der Waals surface area contributed by atoms with Crippen LogP contribution < -0.4 is 4.72 Å². The third-order valence-electron chi connectivity index (χ3n) is 5.75. The van der Waals surface area contributed by atoms with Crippen molar-refractivity contribution in [3.63, 3.8) is 0 Å². The first kappa shape index (κ1) is 25.5. The van der Waals surface area contributed by atoms with Gasteiger partial charge >= 0.3 is 6.18 Å². The molecule has 1 saturated heterocycles. The number of nitrogens with zero attached hydrogens (tertiary/aromatic N) is 5. The maximum absolute atomic E-state index is 13.5. The molecule has 0 atom stereocenters. The minimum absolute atomic E-state index is 0.0711. The molecule has 0 radical (unpaired) electrons. The topological polar surface area (TPSA) is 103 Å². The molecule has 8 nitrogen and oxygen atoms in total. The molecule has 1 heterocycles. The van der Waals surface area contributed by atoms with E-state index in [9.17, 15) is 21.6 Å². The predicted octanol–water partition coefficient (Wildman–Crippen LogP) is 5.22. The lowest BCUT2D eigenvalue weighted by molar-refractivity contribution is -0.137. The zero-order chi connectivity index (χ0) is 24.8. The molecule has 1 aliphatic rings. The Hall–Kier alpha value is -3.10. The Morgan fingerprint density at radius 2 is 1.82 bits per heavy atom. The van der Waals surface area contributed by atoms with Gasteiger partial charge in [-0.15, -0.1) is 0 Å². The smallest absolute Gasteiger partial charge is 0.302 e. The van der Waals surface area contributed by atoms with E-state index in [2.05, 4.69) is 24.5 Å². The molecular weight excluding hydrogens is 469 g/mol. The molecule has 0 unspecified atom stereocenters. The largest absolute Gasteiger partial charge is 0.415 e. The average molecular weight is 493 g/mol. The monoisotopic (exact) mass is 492 g/mol. The summed E-state index contributed by atoms with van der Waals surface area (Å²) in [6, 6.07) is 8.40. The van der Waals surface area contributed by atoms with E-state index in [1.165, 1.54) is 36.4 Å². The summed E-state index contributed by atoms with van der Waals surface area (Å²) < 4.78 is 68.2. The summed E-state index contributed by atoms with van der Waals surface area (Å²) in [4.78, 5) is 8.01. The summed E-state index contributed by atoms with van der Waals surface area (Å²) in [5.41, 5.74) is 7.14. The fourth-order valence-corrected chi connectivity index (χ4v) is 4.96. The number of halogens is 3. The molecule has 0 aliphatic carbocycles. The van der Waals surface area contributed by atoms with Crippen molar-refractivity contribution in [1.82, 2.24) is 9.62 Å². The number of hydrogen-bond acceptors (Lipinski definition) is 4. The first-order valence-corrected chi connectivity index (χ1v) is 12.0. The van der Waals surface area contributed by atoms with Crippen molar-refractivity contribution in [2.75, 3.05) is 32.7 Å². The number of rotatable bonds is 8. The summed E-state index contributed by atoms with van der Waals surface area (Å²) >= 11 is 0. The molecule has 34 heavy (non-hydrogen) atoms. The molecular formula is C22H23F3N6O2S. The van der Waals surface area contributed by atoms with Crippen LogP contribution in [0.5, 0.6) is 0 Å². The number of piperidine rings is 1. The lowest BCUT2D eigenvalue weighted by Gasteiger charge is -2.31. The first-order valence-electron chi connectivity index (χ1n) is 10.6. The van der Waals surface area contributed by atoms with Gasteiger partial charge in [0.1, 0.15) is 0 Å². The van der Waals surface area contributed by atoms with Crippen molar-refractivity contribution in [2.24, 2.45) is 11.0 Å². The van der Waals surface area contributed by atoms with Gasteiger partial charge in [-0.2, -0.15) is 13.2 Å². The van der Waals surface area contributed by atoms with Gasteiger partial charge in [0, 0.05) is 24.5 Å². The minimum Gasteiger partial charge on any atom is -0.302 e. The van der Waals surface area contributed by atoms with Gasteiger partial charge in [0.15, 0.2) is 5.69 Å². The molecule has 0 aromatic heterocycles. The third kappa shape index (κ3) is 6.27. The SMILES string of the molecule is [C-]#[N+]c1cccc(C(F)(F)F)c1-c1ccc(S(=O)(=O)NCCN2CCC(CN=[N+]=[N-])CC2)cc1. The quantitative estimate of drug-likeness (QED) is 0.236. The zero-order valence-electron chi connectivity index (χ0n) is 18.2. The molecule has 2 aromatic carbocycles. The van der Waals surface area contributed by atoms with E-state index in [1.54, 1.807) is 0 Å². The van der Waals surface area contributed by atoms with Crippen molar-refractivity contribution < 1.29 is 21.6 Å². The van der Waals surface area contributed by atoms with Crippen LogP contribution in [0.4, 0.5) is 18.9 Å². The molecule has 180 valence electrons. The summed E-state index contributed by atoms with van der Waals surface area (Å²) in [5.74, 6) is 0.341. The number of nitrogens with one attached hydrogen (secondary N) is 1. The zero-order valence-corrected chi connectivity index (χ0v) is 19.0. The number of benzene rings is 2. The maximum Gasteiger partial charge on any atom is 0.415 e. The Bertz CT molecular complexity index is 1190. The van der Waals surface area contributed by atoms with Gasteiger partial charge in [0.05, 0.1) is 17.0 Å². The highest BCUT2D eigenvalue weighted by molar-refractivity contribution is 7.89. The second kappa shape index (κ2) is 10.9. The fourth-order valence-electron chi connectivity index (χ4n) is 3.94. The minimum atomic E-state index is -4.65. The van der Waals surface area contributed by atoms with Gasteiger partial charge in [-0.05, 0) is 60.6 Å². The molecule has 1 aliphatic heterocycles. The molecule has 0 bridgehead atoms. The van der Waals surface area contributed by atoms with Gasteiger partial charge in [0.2, 0.25) is 10.0 Å². The average Bonchev–Trinajstić information content (AvgIpc) is 2.82. The van der Waals surface area contributed by atoms with Gasteiger partial charge in [-0.1, -0.05) is 35.4 Å². The Morgan fingerprint density at radius 3 is 2.41 bits per heavy atom. The molecule has 0 amide bonds. The lowest BCUT2D eigenvalue weighted by Crippen LogP contribution is -2.40. The van der Waals surface area contributed by atoms with Crippen molar-refractivity contribution in [3.8, 4) is 11.1 Å². The second-order valence-electron chi connectivity index (χ2n) is 7.93. The van der Waals surface area contributed by atoms with E-state index in [0.29, 0.717) is 19.0 Å². The first-order chi connectivity index (χ1) is 16.2. The molecule has 1 fully saturated rings. The van der Waals surface area contributed by atoms with E-state index >= 15 is 0 Å². The normalized spacial score (nSPS) is 15.5. The molecule has 0 spiro atoms. The summed E-state index contributed by atoms with van der Waals surface area (Å²) in [5, 5.41) is 3.60.